The van der Waals surface area contributed by atoms with E-state index in [4.69, 9.17) is 9.47 Å². The van der Waals surface area contributed by atoms with Crippen LogP contribution in [-0.4, -0.2) is 125 Å². The number of carbonyl (C=O) groups is 5. The van der Waals surface area contributed by atoms with Crippen LogP contribution < -0.4 is 10.6 Å². The fourth-order valence-electron chi connectivity index (χ4n) is 7.88. The normalized spacial score (nSPS) is 19.0. The zero-order valence-electron chi connectivity index (χ0n) is 35.0. The number of aliphatic carboxylic acids is 1. The first kappa shape index (κ1) is 46.4. The number of nitrogens with zero attached hydrogens (tertiary/aromatic N) is 3. The van der Waals surface area contributed by atoms with Gasteiger partial charge in [0.1, 0.15) is 11.6 Å². The lowest BCUT2D eigenvalue weighted by Crippen LogP contribution is -2.60. The van der Waals surface area contributed by atoms with E-state index in [1.807, 2.05) is 85.7 Å². The quantitative estimate of drug-likeness (QED) is 0.168. The molecule has 0 unspecified atom stereocenters. The summed E-state index contributed by atoms with van der Waals surface area (Å²) in [5, 5.41) is 15.9. The molecule has 1 aliphatic heterocycles. The van der Waals surface area contributed by atoms with Crippen LogP contribution in [0.1, 0.15) is 100 Å². The summed E-state index contributed by atoms with van der Waals surface area (Å²) in [6.07, 6.45) is 0.741. The van der Waals surface area contributed by atoms with Gasteiger partial charge in [0.05, 0.1) is 36.6 Å². The van der Waals surface area contributed by atoms with Crippen molar-refractivity contribution in [3.05, 3.63) is 35.9 Å². The summed E-state index contributed by atoms with van der Waals surface area (Å²) in [6.45, 7) is 19.2. The van der Waals surface area contributed by atoms with Gasteiger partial charge in [0, 0.05) is 46.3 Å². The van der Waals surface area contributed by atoms with Gasteiger partial charge in [-0.3, -0.25) is 14.4 Å². The van der Waals surface area contributed by atoms with Crippen molar-refractivity contribution >= 4 is 29.7 Å². The van der Waals surface area contributed by atoms with E-state index in [1.54, 1.807) is 28.7 Å². The average molecular weight is 760 g/mol. The number of carboxylic acids is 1. The van der Waals surface area contributed by atoms with Crippen LogP contribution in [0.3, 0.4) is 0 Å². The van der Waals surface area contributed by atoms with Crippen molar-refractivity contribution in [2.75, 3.05) is 27.8 Å². The van der Waals surface area contributed by atoms with Crippen LogP contribution in [0.5, 0.6) is 0 Å². The van der Waals surface area contributed by atoms with Crippen molar-refractivity contribution in [1.82, 2.24) is 25.3 Å². The average Bonchev–Trinajstić information content (AvgIpc) is 3.59. The third-order valence-electron chi connectivity index (χ3n) is 11.1. The summed E-state index contributed by atoms with van der Waals surface area (Å²) in [5.41, 5.74) is -0.786. The lowest BCUT2D eigenvalue weighted by Gasteiger charge is -2.41. The van der Waals surface area contributed by atoms with Crippen molar-refractivity contribution in [2.24, 2.45) is 17.8 Å². The summed E-state index contributed by atoms with van der Waals surface area (Å²) in [5.74, 6) is -3.11. The number of amides is 5. The number of methoxy groups -OCH3 is 2. The number of rotatable bonds is 20. The standard InChI is InChI=1S/C41H69N5O8/c1-14-28(8)35(44(11)38(49)34(25(2)3)42-40(52)46(26(4)5)27(6)7)32(53-12)23-33(47)45-22-18-21-31(45)36(54-13)29(9)37(48)43-41(10,39(50)51)24-30-19-16-15-17-20-30/h15-17,19-20,25-29,31-32,34-36H,14,18,21-24H2,1-13H3,(H,42,52)(H,43,48)(H,50,51)/t28-,29+,31-,32+,34-,35-,36+,41-/m0/s1. The number of ether oxygens (including phenoxy) is 2. The molecule has 1 aliphatic rings. The number of hydrogen-bond acceptors (Lipinski definition) is 7. The minimum absolute atomic E-state index is 0.0159. The SMILES string of the molecule is CC[C@H](C)[C@@H]([C@@H](CC(=O)N1CCC[C@H]1[C@H](OC)[C@@H](C)C(=O)N[C@@](C)(Cc1ccccc1)C(=O)O)OC)N(C)C(=O)[C@@H](NC(=O)N(C(C)C)C(C)C)C(C)C. The molecular formula is C41H69N5O8. The third kappa shape index (κ3) is 11.6. The zero-order chi connectivity index (χ0) is 41.1. The van der Waals surface area contributed by atoms with Gasteiger partial charge in [-0.25, -0.2) is 9.59 Å². The number of likely N-dealkylation sites (N-methyl/N-ethyl adjacent to an activating group) is 1. The largest absolute Gasteiger partial charge is 0.480 e. The van der Waals surface area contributed by atoms with Crippen LogP contribution in [0.4, 0.5) is 4.79 Å². The molecule has 1 heterocycles. The smallest absolute Gasteiger partial charge is 0.329 e. The summed E-state index contributed by atoms with van der Waals surface area (Å²) in [7, 11) is 4.75. The molecule has 2 rings (SSSR count). The Morgan fingerprint density at radius 1 is 0.963 bits per heavy atom. The number of benzene rings is 1. The summed E-state index contributed by atoms with van der Waals surface area (Å²) < 4.78 is 11.9. The van der Waals surface area contributed by atoms with E-state index in [1.165, 1.54) is 21.1 Å². The number of carboxylic acid groups (broad SMARTS) is 1. The molecule has 0 aromatic heterocycles. The molecule has 0 saturated carbocycles. The summed E-state index contributed by atoms with van der Waals surface area (Å²) in [4.78, 5) is 73.0. The minimum Gasteiger partial charge on any atom is -0.480 e. The van der Waals surface area contributed by atoms with Gasteiger partial charge in [0.15, 0.2) is 0 Å². The molecule has 1 saturated heterocycles. The molecule has 13 nitrogen and oxygen atoms in total. The van der Waals surface area contributed by atoms with Gasteiger partial charge in [-0.15, -0.1) is 0 Å². The highest BCUT2D eigenvalue weighted by Gasteiger charge is 2.44. The molecule has 13 heteroatoms. The van der Waals surface area contributed by atoms with Crippen LogP contribution >= 0.6 is 0 Å². The van der Waals surface area contributed by atoms with E-state index in [0.29, 0.717) is 25.8 Å². The molecular weight excluding hydrogens is 690 g/mol. The Labute approximate surface area is 323 Å². The van der Waals surface area contributed by atoms with Gasteiger partial charge >= 0.3 is 12.0 Å². The van der Waals surface area contributed by atoms with Crippen LogP contribution in [0.25, 0.3) is 0 Å². The number of carbonyl (C=O) groups excluding carboxylic acids is 4. The zero-order valence-corrected chi connectivity index (χ0v) is 35.0. The van der Waals surface area contributed by atoms with Gasteiger partial charge in [0.2, 0.25) is 17.7 Å². The lowest BCUT2D eigenvalue weighted by molar-refractivity contribution is -0.150. The first-order valence-electron chi connectivity index (χ1n) is 19.6. The molecule has 5 amide bonds. The molecule has 8 atom stereocenters. The number of nitrogens with one attached hydrogen (secondary N) is 2. The molecule has 306 valence electrons. The molecule has 0 aliphatic carbocycles. The second kappa shape index (κ2) is 20.8. The highest BCUT2D eigenvalue weighted by atomic mass is 16.5. The van der Waals surface area contributed by atoms with Crippen molar-refractivity contribution in [2.45, 2.75) is 149 Å². The van der Waals surface area contributed by atoms with Crippen molar-refractivity contribution in [1.29, 1.82) is 0 Å². The van der Waals surface area contributed by atoms with Gasteiger partial charge in [0.25, 0.3) is 0 Å². The fraction of sp³-hybridized carbons (Fsp3) is 0.732. The Kier molecular flexibility index (Phi) is 17.9. The van der Waals surface area contributed by atoms with Gasteiger partial charge in [-0.05, 0) is 64.9 Å². The number of hydrogen-bond donors (Lipinski definition) is 3. The second-order valence-electron chi connectivity index (χ2n) is 16.1. The van der Waals surface area contributed by atoms with Crippen LogP contribution in [0, 0.1) is 17.8 Å². The van der Waals surface area contributed by atoms with Crippen molar-refractivity contribution in [3.63, 3.8) is 0 Å². The third-order valence-corrected chi connectivity index (χ3v) is 11.1. The molecule has 0 spiro atoms. The Bertz CT molecular complexity index is 1380. The molecule has 0 radical (unpaired) electrons. The minimum atomic E-state index is -1.56. The van der Waals surface area contributed by atoms with E-state index in [-0.39, 0.29) is 54.6 Å². The van der Waals surface area contributed by atoms with Crippen molar-refractivity contribution in [3.8, 4) is 0 Å². The van der Waals surface area contributed by atoms with Crippen LogP contribution in [0.15, 0.2) is 30.3 Å². The van der Waals surface area contributed by atoms with Gasteiger partial charge in [-0.1, -0.05) is 71.4 Å². The topological polar surface area (TPSA) is 158 Å². The molecule has 1 aromatic rings. The number of likely N-dealkylation sites (tertiary alicyclic amines) is 1. The molecule has 54 heavy (non-hydrogen) atoms. The van der Waals surface area contributed by atoms with E-state index in [9.17, 15) is 29.1 Å². The van der Waals surface area contributed by atoms with Gasteiger partial charge < -0.3 is 39.9 Å². The molecule has 3 N–H and O–H groups in total. The Morgan fingerprint density at radius 2 is 1.56 bits per heavy atom. The highest BCUT2D eigenvalue weighted by molar-refractivity contribution is 5.89. The Balaban J connectivity index is 2.30. The Morgan fingerprint density at radius 3 is 2.04 bits per heavy atom. The molecule has 1 aromatic carbocycles. The lowest BCUT2D eigenvalue weighted by atomic mass is 9.89. The second-order valence-corrected chi connectivity index (χ2v) is 16.1. The van der Waals surface area contributed by atoms with E-state index < -0.39 is 53.7 Å². The van der Waals surface area contributed by atoms with Crippen molar-refractivity contribution < 1.29 is 38.6 Å². The maximum atomic E-state index is 14.2. The van der Waals surface area contributed by atoms with Crippen LogP contribution in [-0.2, 0) is 35.1 Å². The van der Waals surface area contributed by atoms with E-state index in [0.717, 1.165) is 5.56 Å². The molecule has 1 fully saturated rings. The summed E-state index contributed by atoms with van der Waals surface area (Å²) >= 11 is 0. The highest BCUT2D eigenvalue weighted by Crippen LogP contribution is 2.30. The summed E-state index contributed by atoms with van der Waals surface area (Å²) in [6, 6.07) is 6.98. The first-order chi connectivity index (χ1) is 25.3. The predicted molar refractivity (Wildman–Crippen MR) is 210 cm³/mol. The number of urea groups is 1. The monoisotopic (exact) mass is 760 g/mol. The van der Waals surface area contributed by atoms with Gasteiger partial charge in [-0.2, -0.15) is 0 Å². The van der Waals surface area contributed by atoms with Crippen LogP contribution in [0.2, 0.25) is 0 Å². The van der Waals surface area contributed by atoms with E-state index >= 15 is 0 Å². The van der Waals surface area contributed by atoms with E-state index in [2.05, 4.69) is 10.6 Å². The molecule has 0 bridgehead atoms. The maximum absolute atomic E-state index is 14.2. The fourth-order valence-corrected chi connectivity index (χ4v) is 7.88. The maximum Gasteiger partial charge on any atom is 0.329 e. The Hall–Kier alpha value is -3.71. The first-order valence-corrected chi connectivity index (χ1v) is 19.6. The predicted octanol–water partition coefficient (Wildman–Crippen LogP) is 4.96.